The molecular weight excluding hydrogens is 266 g/mol. The summed E-state index contributed by atoms with van der Waals surface area (Å²) >= 11 is 0. The van der Waals surface area contributed by atoms with Crippen molar-refractivity contribution in [1.82, 2.24) is 15.1 Å². The molecule has 114 valence electrons. The Morgan fingerprint density at radius 1 is 1.19 bits per heavy atom. The van der Waals surface area contributed by atoms with Crippen LogP contribution in [-0.2, 0) is 9.59 Å². The smallest absolute Gasteiger partial charge is 0.242 e. The lowest BCUT2D eigenvalue weighted by molar-refractivity contribution is -0.149. The van der Waals surface area contributed by atoms with E-state index in [4.69, 9.17) is 0 Å². The van der Waals surface area contributed by atoms with Crippen LogP contribution in [-0.4, -0.2) is 55.3 Å². The van der Waals surface area contributed by atoms with E-state index < -0.39 is 0 Å². The van der Waals surface area contributed by atoms with Gasteiger partial charge in [-0.1, -0.05) is 23.8 Å². The van der Waals surface area contributed by atoms with Crippen LogP contribution in [0.2, 0.25) is 0 Å². The van der Waals surface area contributed by atoms with E-state index in [2.05, 4.69) is 37.4 Å². The van der Waals surface area contributed by atoms with Gasteiger partial charge in [-0.25, -0.2) is 0 Å². The van der Waals surface area contributed by atoms with Gasteiger partial charge in [-0.2, -0.15) is 0 Å². The van der Waals surface area contributed by atoms with Crippen LogP contribution < -0.4 is 5.32 Å². The topological polar surface area (TPSA) is 52.7 Å². The minimum atomic E-state index is -0.00887. The summed E-state index contributed by atoms with van der Waals surface area (Å²) in [7, 11) is 3.55. The molecule has 1 unspecified atom stereocenters. The number of carbonyl (C=O) groups excluding carboxylic acids is 2. The van der Waals surface area contributed by atoms with Crippen molar-refractivity contribution >= 4 is 11.8 Å². The number of hydrogen-bond acceptors (Lipinski definition) is 3. The molecule has 1 aromatic rings. The van der Waals surface area contributed by atoms with Crippen molar-refractivity contribution in [2.45, 2.75) is 19.9 Å². The fraction of sp³-hybridized carbons (Fsp3) is 0.500. The van der Waals surface area contributed by atoms with Crippen molar-refractivity contribution in [3.05, 3.63) is 34.9 Å². The number of hydrogen-bond donors (Lipinski definition) is 1. The van der Waals surface area contributed by atoms with Crippen LogP contribution in [0.4, 0.5) is 0 Å². The highest BCUT2D eigenvalue weighted by atomic mass is 16.2. The Balaban J connectivity index is 2.17. The molecule has 0 bridgehead atoms. The summed E-state index contributed by atoms with van der Waals surface area (Å²) in [5, 5.41) is 3.26. The summed E-state index contributed by atoms with van der Waals surface area (Å²) in [5.74, 6) is -0.00641. The number of benzene rings is 1. The second-order valence-corrected chi connectivity index (χ2v) is 5.73. The molecule has 5 heteroatoms. The summed E-state index contributed by atoms with van der Waals surface area (Å²) in [6.07, 6.45) is 0. The monoisotopic (exact) mass is 289 g/mol. The van der Waals surface area contributed by atoms with Gasteiger partial charge in [0.15, 0.2) is 0 Å². The highest BCUT2D eigenvalue weighted by Crippen LogP contribution is 2.21. The Labute approximate surface area is 125 Å². The quantitative estimate of drug-likeness (QED) is 0.894. The number of piperazine rings is 1. The SMILES string of the molecule is CNC(CN1CC(=O)N(C)CC1=O)c1cc(C)ccc1C. The number of nitrogens with one attached hydrogen (secondary N) is 1. The van der Waals surface area contributed by atoms with Gasteiger partial charge in [-0.15, -0.1) is 0 Å². The van der Waals surface area contributed by atoms with Crippen molar-refractivity contribution in [2.75, 3.05) is 33.7 Å². The molecule has 0 spiro atoms. The molecule has 1 saturated heterocycles. The van der Waals surface area contributed by atoms with E-state index in [0.717, 1.165) is 0 Å². The Morgan fingerprint density at radius 2 is 1.90 bits per heavy atom. The molecule has 5 nitrogen and oxygen atoms in total. The number of amides is 2. The molecule has 2 rings (SSSR count). The molecule has 21 heavy (non-hydrogen) atoms. The lowest BCUT2D eigenvalue weighted by atomic mass is 9.98. The molecule has 0 aliphatic carbocycles. The van der Waals surface area contributed by atoms with Crippen molar-refractivity contribution in [3.8, 4) is 0 Å². The fourth-order valence-electron chi connectivity index (χ4n) is 2.63. The molecule has 1 aromatic carbocycles. The van der Waals surface area contributed by atoms with Gasteiger partial charge < -0.3 is 15.1 Å². The van der Waals surface area contributed by atoms with Crippen LogP contribution >= 0.6 is 0 Å². The summed E-state index contributed by atoms with van der Waals surface area (Å²) in [5.41, 5.74) is 3.56. The van der Waals surface area contributed by atoms with Gasteiger partial charge >= 0.3 is 0 Å². The van der Waals surface area contributed by atoms with Crippen LogP contribution in [0.25, 0.3) is 0 Å². The first kappa shape index (κ1) is 15.5. The third-order valence-electron chi connectivity index (χ3n) is 4.04. The zero-order valence-electron chi connectivity index (χ0n) is 13.1. The minimum Gasteiger partial charge on any atom is -0.335 e. The van der Waals surface area contributed by atoms with Crippen LogP contribution in [0.3, 0.4) is 0 Å². The van der Waals surface area contributed by atoms with Gasteiger partial charge in [0.25, 0.3) is 0 Å². The van der Waals surface area contributed by atoms with Gasteiger partial charge in [0.05, 0.1) is 13.1 Å². The molecule has 1 aliphatic rings. The van der Waals surface area contributed by atoms with Crippen LogP contribution in [0.15, 0.2) is 18.2 Å². The lowest BCUT2D eigenvalue weighted by Gasteiger charge is -2.34. The Bertz CT molecular complexity index is 556. The minimum absolute atomic E-state index is 0.00246. The van der Waals surface area contributed by atoms with Crippen LogP contribution in [0, 0.1) is 13.8 Å². The normalized spacial score (nSPS) is 17.3. The number of nitrogens with zero attached hydrogens (tertiary/aromatic N) is 2. The number of likely N-dealkylation sites (N-methyl/N-ethyl adjacent to an activating group) is 2. The van der Waals surface area contributed by atoms with E-state index in [0.29, 0.717) is 6.54 Å². The second kappa shape index (κ2) is 6.26. The molecule has 1 N–H and O–H groups in total. The lowest BCUT2D eigenvalue weighted by Crippen LogP contribution is -2.53. The van der Waals surface area contributed by atoms with Gasteiger partial charge in [0.2, 0.25) is 11.8 Å². The van der Waals surface area contributed by atoms with E-state index in [1.54, 1.807) is 11.9 Å². The summed E-state index contributed by atoms with van der Waals surface area (Å²) in [4.78, 5) is 27.0. The standard InChI is InChI=1S/C16H23N3O2/c1-11-5-6-12(2)13(7-11)14(17-3)8-19-10-15(20)18(4)9-16(19)21/h5-7,14,17H,8-10H2,1-4H3. The van der Waals surface area contributed by atoms with Gasteiger partial charge in [-0.05, 0) is 32.0 Å². The maximum Gasteiger partial charge on any atom is 0.242 e. The van der Waals surface area contributed by atoms with Crippen molar-refractivity contribution < 1.29 is 9.59 Å². The zero-order chi connectivity index (χ0) is 15.6. The van der Waals surface area contributed by atoms with Crippen molar-refractivity contribution in [2.24, 2.45) is 0 Å². The summed E-state index contributed by atoms with van der Waals surface area (Å²) < 4.78 is 0. The Hall–Kier alpha value is -1.88. The maximum atomic E-state index is 12.1. The molecule has 0 radical (unpaired) electrons. The molecule has 1 aliphatic heterocycles. The third-order valence-corrected chi connectivity index (χ3v) is 4.04. The van der Waals surface area contributed by atoms with Gasteiger partial charge in [-0.3, -0.25) is 9.59 Å². The van der Waals surface area contributed by atoms with Crippen LogP contribution in [0.1, 0.15) is 22.7 Å². The maximum absolute atomic E-state index is 12.1. The van der Waals surface area contributed by atoms with E-state index >= 15 is 0 Å². The largest absolute Gasteiger partial charge is 0.335 e. The number of carbonyl (C=O) groups is 2. The van der Waals surface area contributed by atoms with E-state index in [-0.39, 0.29) is 30.9 Å². The van der Waals surface area contributed by atoms with E-state index in [1.807, 2.05) is 7.05 Å². The molecule has 1 heterocycles. The molecule has 0 saturated carbocycles. The Kier molecular flexibility index (Phi) is 4.63. The molecule has 2 amide bonds. The average molecular weight is 289 g/mol. The summed E-state index contributed by atoms with van der Waals surface area (Å²) in [6, 6.07) is 6.34. The van der Waals surface area contributed by atoms with Crippen molar-refractivity contribution in [3.63, 3.8) is 0 Å². The fourth-order valence-corrected chi connectivity index (χ4v) is 2.63. The highest BCUT2D eigenvalue weighted by Gasteiger charge is 2.29. The first-order chi connectivity index (χ1) is 9.92. The van der Waals surface area contributed by atoms with Gasteiger partial charge in [0, 0.05) is 19.6 Å². The molecule has 0 aromatic heterocycles. The number of rotatable bonds is 4. The van der Waals surface area contributed by atoms with E-state index in [1.165, 1.54) is 21.6 Å². The third kappa shape index (κ3) is 3.42. The Morgan fingerprint density at radius 3 is 2.57 bits per heavy atom. The summed E-state index contributed by atoms with van der Waals surface area (Å²) in [6.45, 7) is 4.97. The average Bonchev–Trinajstić information content (AvgIpc) is 2.44. The highest BCUT2D eigenvalue weighted by molar-refractivity contribution is 5.92. The van der Waals surface area contributed by atoms with E-state index in [9.17, 15) is 9.59 Å². The van der Waals surface area contributed by atoms with Crippen LogP contribution in [0.5, 0.6) is 0 Å². The first-order valence-corrected chi connectivity index (χ1v) is 7.18. The predicted octanol–water partition coefficient (Wildman–Crippen LogP) is 0.865. The molecular formula is C16H23N3O2. The molecule has 1 atom stereocenters. The zero-order valence-corrected chi connectivity index (χ0v) is 13.1. The molecule has 1 fully saturated rings. The van der Waals surface area contributed by atoms with Gasteiger partial charge in [0.1, 0.15) is 0 Å². The predicted molar refractivity (Wildman–Crippen MR) is 81.9 cm³/mol. The first-order valence-electron chi connectivity index (χ1n) is 7.18. The van der Waals surface area contributed by atoms with Crippen molar-refractivity contribution in [1.29, 1.82) is 0 Å². The second-order valence-electron chi connectivity index (χ2n) is 5.73. The number of aryl methyl sites for hydroxylation is 2.